The second-order valence-electron chi connectivity index (χ2n) is 3.75. The Kier molecular flexibility index (Phi) is 4.37. The van der Waals surface area contributed by atoms with E-state index in [4.69, 9.17) is 16.3 Å². The van der Waals surface area contributed by atoms with E-state index in [1.165, 1.54) is 31.6 Å². The lowest BCUT2D eigenvalue weighted by Crippen LogP contribution is -2.17. The van der Waals surface area contributed by atoms with Gasteiger partial charge in [0, 0.05) is 11.8 Å². The van der Waals surface area contributed by atoms with Crippen molar-refractivity contribution in [3.63, 3.8) is 0 Å². The maximum Gasteiger partial charge on any atom is 0.573 e. The van der Waals surface area contributed by atoms with Crippen LogP contribution in [0.5, 0.6) is 11.5 Å². The van der Waals surface area contributed by atoms with E-state index in [9.17, 15) is 13.2 Å². The summed E-state index contributed by atoms with van der Waals surface area (Å²) in [5.41, 5.74) is 0.324. The fourth-order valence-corrected chi connectivity index (χ4v) is 1.74. The van der Waals surface area contributed by atoms with Crippen LogP contribution in [0.4, 0.5) is 24.7 Å². The zero-order valence-electron chi connectivity index (χ0n) is 10.6. The lowest BCUT2D eigenvalue weighted by Gasteiger charge is -2.12. The third kappa shape index (κ3) is 4.12. The van der Waals surface area contributed by atoms with Gasteiger partial charge in [-0.05, 0) is 12.1 Å². The van der Waals surface area contributed by atoms with Gasteiger partial charge in [-0.25, -0.2) is 9.97 Å². The number of nitrogens with one attached hydrogen (secondary N) is 1. The van der Waals surface area contributed by atoms with Gasteiger partial charge in [-0.2, -0.15) is 0 Å². The molecule has 0 spiro atoms. The highest BCUT2D eigenvalue weighted by atomic mass is 35.5. The molecule has 2 rings (SSSR count). The van der Waals surface area contributed by atoms with Crippen LogP contribution in [0.25, 0.3) is 0 Å². The summed E-state index contributed by atoms with van der Waals surface area (Å²) in [5.74, 6) is 0.0505. The number of nitrogens with zero attached hydrogens (tertiary/aromatic N) is 2. The van der Waals surface area contributed by atoms with Crippen molar-refractivity contribution in [3.8, 4) is 11.5 Å². The number of anilines is 2. The zero-order valence-corrected chi connectivity index (χ0v) is 11.4. The molecule has 112 valence electrons. The van der Waals surface area contributed by atoms with Gasteiger partial charge in [0.05, 0.1) is 7.11 Å². The minimum absolute atomic E-state index is 0.0812. The molecule has 0 saturated carbocycles. The van der Waals surface area contributed by atoms with Crippen LogP contribution in [-0.2, 0) is 0 Å². The summed E-state index contributed by atoms with van der Waals surface area (Å²) in [6.45, 7) is 0. The highest BCUT2D eigenvalue weighted by Gasteiger charge is 2.31. The predicted octanol–water partition coefficient (Wildman–Crippen LogP) is 3.78. The van der Waals surface area contributed by atoms with E-state index < -0.39 is 6.36 Å². The maximum absolute atomic E-state index is 12.2. The number of hydrogen-bond acceptors (Lipinski definition) is 5. The Bertz CT molecular complexity index is 637. The van der Waals surface area contributed by atoms with E-state index >= 15 is 0 Å². The van der Waals surface area contributed by atoms with E-state index in [0.29, 0.717) is 5.69 Å². The third-order valence-electron chi connectivity index (χ3n) is 2.29. The maximum atomic E-state index is 12.2. The summed E-state index contributed by atoms with van der Waals surface area (Å²) in [5, 5.41) is 2.86. The highest BCUT2D eigenvalue weighted by Crippen LogP contribution is 2.32. The molecule has 1 N–H and O–H groups in total. The summed E-state index contributed by atoms with van der Waals surface area (Å²) >= 11 is 5.82. The van der Waals surface area contributed by atoms with Gasteiger partial charge in [-0.15, -0.1) is 13.2 Å². The SMILES string of the molecule is COc1c(Cl)ncnc1Nc1cccc(OC(F)(F)F)c1. The van der Waals surface area contributed by atoms with Crippen molar-refractivity contribution in [2.24, 2.45) is 0 Å². The molecule has 0 aliphatic rings. The van der Waals surface area contributed by atoms with E-state index in [2.05, 4.69) is 20.0 Å². The van der Waals surface area contributed by atoms with E-state index in [1.54, 1.807) is 6.07 Å². The van der Waals surface area contributed by atoms with Crippen molar-refractivity contribution in [2.75, 3.05) is 12.4 Å². The van der Waals surface area contributed by atoms with Crippen LogP contribution in [0.3, 0.4) is 0 Å². The first kappa shape index (κ1) is 15.2. The zero-order chi connectivity index (χ0) is 15.5. The van der Waals surface area contributed by atoms with Crippen LogP contribution < -0.4 is 14.8 Å². The Morgan fingerprint density at radius 3 is 2.67 bits per heavy atom. The van der Waals surface area contributed by atoms with Gasteiger partial charge in [0.15, 0.2) is 16.7 Å². The summed E-state index contributed by atoms with van der Waals surface area (Å²) in [7, 11) is 1.37. The van der Waals surface area contributed by atoms with E-state index in [0.717, 1.165) is 0 Å². The molecule has 1 heterocycles. The lowest BCUT2D eigenvalue weighted by atomic mass is 10.3. The number of rotatable bonds is 4. The molecular weight excluding hydrogens is 311 g/mol. The second-order valence-corrected chi connectivity index (χ2v) is 4.10. The van der Waals surface area contributed by atoms with Gasteiger partial charge in [-0.3, -0.25) is 0 Å². The van der Waals surface area contributed by atoms with Crippen molar-refractivity contribution in [3.05, 3.63) is 35.7 Å². The fraction of sp³-hybridized carbons (Fsp3) is 0.167. The summed E-state index contributed by atoms with van der Waals surface area (Å²) < 4.78 is 45.4. The molecule has 1 aromatic carbocycles. The number of halogens is 4. The van der Waals surface area contributed by atoms with Crippen LogP contribution in [-0.4, -0.2) is 23.4 Å². The Morgan fingerprint density at radius 1 is 1.24 bits per heavy atom. The summed E-state index contributed by atoms with van der Waals surface area (Å²) in [4.78, 5) is 7.65. The lowest BCUT2D eigenvalue weighted by molar-refractivity contribution is -0.274. The first-order valence-electron chi connectivity index (χ1n) is 5.56. The first-order chi connectivity index (χ1) is 9.89. The van der Waals surface area contributed by atoms with Crippen LogP contribution in [0.2, 0.25) is 5.15 Å². The Balaban J connectivity index is 2.24. The van der Waals surface area contributed by atoms with Crippen LogP contribution in [0.15, 0.2) is 30.6 Å². The number of ether oxygens (including phenoxy) is 2. The molecule has 0 atom stereocenters. The van der Waals surface area contributed by atoms with Crippen molar-refractivity contribution in [1.82, 2.24) is 9.97 Å². The van der Waals surface area contributed by atoms with Crippen molar-refractivity contribution < 1.29 is 22.6 Å². The topological polar surface area (TPSA) is 56.3 Å². The number of alkyl halides is 3. The molecule has 0 radical (unpaired) electrons. The first-order valence-corrected chi connectivity index (χ1v) is 5.94. The van der Waals surface area contributed by atoms with E-state index in [-0.39, 0.29) is 22.5 Å². The Morgan fingerprint density at radius 2 is 2.00 bits per heavy atom. The van der Waals surface area contributed by atoms with Gasteiger partial charge < -0.3 is 14.8 Å². The van der Waals surface area contributed by atoms with E-state index in [1.807, 2.05) is 0 Å². The quantitative estimate of drug-likeness (QED) is 0.869. The monoisotopic (exact) mass is 319 g/mol. The number of aromatic nitrogens is 2. The van der Waals surface area contributed by atoms with Gasteiger partial charge in [0.25, 0.3) is 0 Å². The largest absolute Gasteiger partial charge is 0.573 e. The number of benzene rings is 1. The predicted molar refractivity (Wildman–Crippen MR) is 70.0 cm³/mol. The normalized spacial score (nSPS) is 11.1. The van der Waals surface area contributed by atoms with Gasteiger partial charge >= 0.3 is 6.36 Å². The van der Waals surface area contributed by atoms with Gasteiger partial charge in [-0.1, -0.05) is 17.7 Å². The molecular formula is C12H9ClF3N3O2. The molecule has 9 heteroatoms. The molecule has 21 heavy (non-hydrogen) atoms. The van der Waals surface area contributed by atoms with Gasteiger partial charge in [0.2, 0.25) is 0 Å². The van der Waals surface area contributed by atoms with Crippen molar-refractivity contribution >= 4 is 23.1 Å². The minimum atomic E-state index is -4.76. The smallest absolute Gasteiger partial charge is 0.490 e. The molecule has 0 bridgehead atoms. The minimum Gasteiger partial charge on any atom is -0.490 e. The number of hydrogen-bond donors (Lipinski definition) is 1. The van der Waals surface area contributed by atoms with Crippen LogP contribution >= 0.6 is 11.6 Å². The highest BCUT2D eigenvalue weighted by molar-refractivity contribution is 6.31. The molecule has 0 unspecified atom stereocenters. The Hall–Kier alpha value is -2.22. The molecule has 0 saturated heterocycles. The average molecular weight is 320 g/mol. The molecule has 0 aliphatic heterocycles. The molecule has 2 aromatic rings. The second kappa shape index (κ2) is 6.04. The molecule has 0 amide bonds. The average Bonchev–Trinajstić information content (AvgIpc) is 2.37. The standard InChI is InChI=1S/C12H9ClF3N3O2/c1-20-9-10(13)17-6-18-11(9)19-7-3-2-4-8(5-7)21-12(14,15)16/h2-6H,1H3,(H,17,18,19). The molecule has 5 nitrogen and oxygen atoms in total. The number of methoxy groups -OCH3 is 1. The Labute approximate surface area is 122 Å². The summed E-state index contributed by atoms with van der Waals surface area (Å²) in [6, 6.07) is 5.29. The third-order valence-corrected chi connectivity index (χ3v) is 2.56. The van der Waals surface area contributed by atoms with Crippen LogP contribution in [0, 0.1) is 0 Å². The van der Waals surface area contributed by atoms with Crippen LogP contribution in [0.1, 0.15) is 0 Å². The van der Waals surface area contributed by atoms with Gasteiger partial charge in [0.1, 0.15) is 12.1 Å². The molecule has 0 fully saturated rings. The van der Waals surface area contributed by atoms with Crippen molar-refractivity contribution in [1.29, 1.82) is 0 Å². The fourth-order valence-electron chi connectivity index (χ4n) is 1.53. The van der Waals surface area contributed by atoms with Crippen molar-refractivity contribution in [2.45, 2.75) is 6.36 Å². The summed E-state index contributed by atoms with van der Waals surface area (Å²) in [6.07, 6.45) is -3.56. The molecule has 0 aliphatic carbocycles. The molecule has 1 aromatic heterocycles.